The van der Waals surface area contributed by atoms with Gasteiger partial charge in [-0.3, -0.25) is 0 Å². The molecule has 108 valence electrons. The quantitative estimate of drug-likeness (QED) is 0.789. The molecule has 0 aliphatic heterocycles. The number of aliphatic hydroxyl groups excluding tert-OH is 1. The average molecular weight is 350 g/mol. The molecule has 1 aromatic carbocycles. The number of thioether (sulfide) groups is 1. The van der Waals surface area contributed by atoms with Crippen molar-refractivity contribution in [2.45, 2.75) is 17.4 Å². The number of rotatable bonds is 6. The van der Waals surface area contributed by atoms with Crippen molar-refractivity contribution >= 4 is 46.3 Å². The first-order chi connectivity index (χ1) is 9.54. The molecule has 7 heteroatoms. The maximum Gasteiger partial charge on any atom is 0.150 e. The van der Waals surface area contributed by atoms with Gasteiger partial charge in [-0.15, -0.1) is 11.3 Å². The lowest BCUT2D eigenvalue weighted by Crippen LogP contribution is -2.20. The van der Waals surface area contributed by atoms with Crippen LogP contribution < -0.4 is 4.74 Å². The SMILES string of the molecule is Cc1csc(SC[C@H](O)COc2ccc(Cl)cc2Cl)n1. The van der Waals surface area contributed by atoms with Crippen LogP contribution in [0.1, 0.15) is 5.69 Å². The third kappa shape index (κ3) is 4.82. The molecule has 0 bridgehead atoms. The highest BCUT2D eigenvalue weighted by molar-refractivity contribution is 8.01. The van der Waals surface area contributed by atoms with E-state index in [0.717, 1.165) is 10.0 Å². The van der Waals surface area contributed by atoms with Gasteiger partial charge in [0, 0.05) is 21.8 Å². The molecule has 0 fully saturated rings. The minimum absolute atomic E-state index is 0.179. The molecule has 1 aromatic heterocycles. The van der Waals surface area contributed by atoms with Crippen molar-refractivity contribution in [1.29, 1.82) is 0 Å². The molecule has 1 atom stereocenters. The molecule has 2 aromatic rings. The standard InChI is InChI=1S/C13H13Cl2NO2S2/c1-8-6-19-13(16-8)20-7-10(17)5-18-12-3-2-9(14)4-11(12)15/h2-4,6,10,17H,5,7H2,1H3/t10-/m1/s1. The molecule has 1 N–H and O–H groups in total. The molecule has 0 aliphatic rings. The smallest absolute Gasteiger partial charge is 0.150 e. The van der Waals surface area contributed by atoms with E-state index >= 15 is 0 Å². The van der Waals surface area contributed by atoms with E-state index in [1.54, 1.807) is 29.5 Å². The molecule has 2 rings (SSSR count). The Kier molecular flexibility index (Phi) is 5.99. The first-order valence-corrected chi connectivity index (χ1v) is 8.47. The third-order valence-electron chi connectivity index (χ3n) is 2.32. The number of ether oxygens (including phenoxy) is 1. The third-order valence-corrected chi connectivity index (χ3v) is 5.14. The molecule has 0 amide bonds. The zero-order valence-electron chi connectivity index (χ0n) is 10.7. The van der Waals surface area contributed by atoms with Gasteiger partial charge in [0.2, 0.25) is 0 Å². The normalized spacial score (nSPS) is 12.4. The number of hydrogen-bond acceptors (Lipinski definition) is 5. The van der Waals surface area contributed by atoms with Crippen LogP contribution in [0.2, 0.25) is 10.0 Å². The minimum atomic E-state index is -0.587. The molecular formula is C13H13Cl2NO2S2. The van der Waals surface area contributed by atoms with Crippen molar-refractivity contribution in [3.8, 4) is 5.75 Å². The topological polar surface area (TPSA) is 42.4 Å². The van der Waals surface area contributed by atoms with Crippen LogP contribution in [0.4, 0.5) is 0 Å². The van der Waals surface area contributed by atoms with Gasteiger partial charge in [-0.1, -0.05) is 35.0 Å². The van der Waals surface area contributed by atoms with Gasteiger partial charge in [0.25, 0.3) is 0 Å². The Hall–Kier alpha value is -0.460. The molecule has 3 nitrogen and oxygen atoms in total. The number of hydrogen-bond donors (Lipinski definition) is 1. The lowest BCUT2D eigenvalue weighted by Gasteiger charge is -2.12. The monoisotopic (exact) mass is 349 g/mol. The highest BCUT2D eigenvalue weighted by atomic mass is 35.5. The van der Waals surface area contributed by atoms with E-state index in [1.807, 2.05) is 12.3 Å². The van der Waals surface area contributed by atoms with Crippen molar-refractivity contribution in [1.82, 2.24) is 4.98 Å². The number of nitrogens with zero attached hydrogens (tertiary/aromatic N) is 1. The fourth-order valence-corrected chi connectivity index (χ4v) is 3.64. The predicted octanol–water partition coefficient (Wildman–Crippen LogP) is 4.29. The van der Waals surface area contributed by atoms with E-state index in [1.165, 1.54) is 11.8 Å². The van der Waals surface area contributed by atoms with Gasteiger partial charge < -0.3 is 9.84 Å². The maximum absolute atomic E-state index is 9.89. The van der Waals surface area contributed by atoms with Crippen molar-refractivity contribution < 1.29 is 9.84 Å². The second-order valence-corrected chi connectivity index (χ2v) is 7.07. The first kappa shape index (κ1) is 15.9. The summed E-state index contributed by atoms with van der Waals surface area (Å²) in [5.41, 5.74) is 0.996. The highest BCUT2D eigenvalue weighted by Gasteiger charge is 2.10. The number of benzene rings is 1. The predicted molar refractivity (Wildman–Crippen MR) is 85.5 cm³/mol. The van der Waals surface area contributed by atoms with E-state index < -0.39 is 6.10 Å². The molecule has 0 spiro atoms. The molecule has 0 radical (unpaired) electrons. The van der Waals surface area contributed by atoms with Gasteiger partial charge in [0.15, 0.2) is 0 Å². The fourth-order valence-electron chi connectivity index (χ4n) is 1.39. The summed E-state index contributed by atoms with van der Waals surface area (Å²) in [6.07, 6.45) is -0.587. The Bertz CT molecular complexity index is 577. The van der Waals surface area contributed by atoms with Crippen LogP contribution in [0.3, 0.4) is 0 Å². The van der Waals surface area contributed by atoms with Crippen LogP contribution in [0.15, 0.2) is 27.9 Å². The van der Waals surface area contributed by atoms with Crippen LogP contribution in [-0.2, 0) is 0 Å². The lowest BCUT2D eigenvalue weighted by atomic mass is 10.3. The number of thiazole rings is 1. The van der Waals surface area contributed by atoms with Gasteiger partial charge in [-0.05, 0) is 25.1 Å². The van der Waals surface area contributed by atoms with Crippen molar-refractivity contribution in [2.75, 3.05) is 12.4 Å². The van der Waals surface area contributed by atoms with Gasteiger partial charge >= 0.3 is 0 Å². The van der Waals surface area contributed by atoms with Gasteiger partial charge in [0.05, 0.1) is 11.1 Å². The number of aliphatic hydroxyl groups is 1. The highest BCUT2D eigenvalue weighted by Crippen LogP contribution is 2.28. The Morgan fingerprint density at radius 3 is 2.90 bits per heavy atom. The summed E-state index contributed by atoms with van der Waals surface area (Å²) in [5, 5.41) is 12.9. The maximum atomic E-state index is 9.89. The zero-order valence-corrected chi connectivity index (χ0v) is 13.8. The summed E-state index contributed by atoms with van der Waals surface area (Å²) >= 11 is 14.9. The lowest BCUT2D eigenvalue weighted by molar-refractivity contribution is 0.126. The van der Waals surface area contributed by atoms with Crippen molar-refractivity contribution in [3.63, 3.8) is 0 Å². The van der Waals surface area contributed by atoms with E-state index in [2.05, 4.69) is 4.98 Å². The van der Waals surface area contributed by atoms with Crippen LogP contribution in [-0.4, -0.2) is 28.6 Å². The van der Waals surface area contributed by atoms with E-state index in [-0.39, 0.29) is 6.61 Å². The molecular weight excluding hydrogens is 337 g/mol. The zero-order chi connectivity index (χ0) is 14.5. The largest absolute Gasteiger partial charge is 0.489 e. The summed E-state index contributed by atoms with van der Waals surface area (Å²) in [6.45, 7) is 2.13. The Morgan fingerprint density at radius 2 is 2.25 bits per heavy atom. The van der Waals surface area contributed by atoms with Crippen LogP contribution >= 0.6 is 46.3 Å². The van der Waals surface area contributed by atoms with Gasteiger partial charge in [0.1, 0.15) is 16.7 Å². The fraction of sp³-hybridized carbons (Fsp3) is 0.308. The molecule has 1 heterocycles. The molecule has 0 unspecified atom stereocenters. The number of halogens is 2. The van der Waals surface area contributed by atoms with Crippen LogP contribution in [0, 0.1) is 6.92 Å². The average Bonchev–Trinajstić information content (AvgIpc) is 2.81. The molecule has 0 aliphatic carbocycles. The second kappa shape index (κ2) is 7.52. The summed E-state index contributed by atoms with van der Waals surface area (Å²) < 4.78 is 6.43. The first-order valence-electron chi connectivity index (χ1n) is 5.85. The van der Waals surface area contributed by atoms with Crippen molar-refractivity contribution in [3.05, 3.63) is 39.3 Å². The van der Waals surface area contributed by atoms with Crippen LogP contribution in [0.25, 0.3) is 0 Å². The van der Waals surface area contributed by atoms with E-state index in [4.69, 9.17) is 27.9 Å². The molecule has 20 heavy (non-hydrogen) atoms. The van der Waals surface area contributed by atoms with Crippen molar-refractivity contribution in [2.24, 2.45) is 0 Å². The number of aryl methyl sites for hydroxylation is 1. The Labute approximate surface area is 135 Å². The van der Waals surface area contributed by atoms with E-state index in [0.29, 0.717) is 21.5 Å². The minimum Gasteiger partial charge on any atom is -0.489 e. The Balaban J connectivity index is 1.78. The van der Waals surface area contributed by atoms with Crippen LogP contribution in [0.5, 0.6) is 5.75 Å². The Morgan fingerprint density at radius 1 is 1.45 bits per heavy atom. The summed E-state index contributed by atoms with van der Waals surface area (Å²) in [5.74, 6) is 1.04. The number of aromatic nitrogens is 1. The van der Waals surface area contributed by atoms with E-state index in [9.17, 15) is 5.11 Å². The van der Waals surface area contributed by atoms with Gasteiger partial charge in [-0.25, -0.2) is 4.98 Å². The summed E-state index contributed by atoms with van der Waals surface area (Å²) in [7, 11) is 0. The molecule has 0 saturated carbocycles. The summed E-state index contributed by atoms with van der Waals surface area (Å²) in [6, 6.07) is 4.99. The van der Waals surface area contributed by atoms with Gasteiger partial charge in [-0.2, -0.15) is 0 Å². The second-order valence-electron chi connectivity index (χ2n) is 4.11. The molecule has 0 saturated heterocycles. The summed E-state index contributed by atoms with van der Waals surface area (Å²) in [4.78, 5) is 4.32.